The van der Waals surface area contributed by atoms with E-state index < -0.39 is 11.7 Å². The van der Waals surface area contributed by atoms with Crippen LogP contribution in [0.1, 0.15) is 24.2 Å². The van der Waals surface area contributed by atoms with Crippen LogP contribution in [0.25, 0.3) is 0 Å². The molecule has 12 heavy (non-hydrogen) atoms. The Bertz CT molecular complexity index is 304. The van der Waals surface area contributed by atoms with Gasteiger partial charge in [0.05, 0.1) is 5.60 Å². The largest absolute Gasteiger partial charge is 0.387 e. The zero-order chi connectivity index (χ0) is 8.77. The molecule has 1 aliphatic rings. The van der Waals surface area contributed by atoms with Gasteiger partial charge in [-0.15, -0.1) is 0 Å². The first-order valence-corrected chi connectivity index (χ1v) is 4.09. The molecule has 0 aromatic heterocycles. The predicted octanol–water partition coefficient (Wildman–Crippen LogP) is 1.03. The monoisotopic (exact) mass is 164 g/mol. The molecule has 0 bridgehead atoms. The molecule has 2 heteroatoms. The fourth-order valence-electron chi connectivity index (χ4n) is 1.78. The normalized spacial score (nSPS) is 33.4. The minimum atomic E-state index is -0.982. The summed E-state index contributed by atoms with van der Waals surface area (Å²) in [6.45, 7) is 1.66. The quantitative estimate of drug-likeness (QED) is 0.601. The van der Waals surface area contributed by atoms with Crippen LogP contribution in [0.4, 0.5) is 0 Å². The minimum absolute atomic E-state index is 0.546. The lowest BCUT2D eigenvalue weighted by Crippen LogP contribution is -2.29. The number of aliphatic hydroxyl groups excluding tert-OH is 1. The third-order valence-electron chi connectivity index (χ3n) is 2.49. The van der Waals surface area contributed by atoms with Gasteiger partial charge in [0.1, 0.15) is 6.10 Å². The molecule has 0 fully saturated rings. The van der Waals surface area contributed by atoms with Crippen molar-refractivity contribution in [2.24, 2.45) is 0 Å². The smallest absolute Gasteiger partial charge is 0.108 e. The van der Waals surface area contributed by atoms with E-state index >= 15 is 0 Å². The van der Waals surface area contributed by atoms with Gasteiger partial charge in [0, 0.05) is 6.42 Å². The number of fused-ring (bicyclic) bond motifs is 1. The van der Waals surface area contributed by atoms with Gasteiger partial charge < -0.3 is 10.2 Å². The van der Waals surface area contributed by atoms with E-state index in [9.17, 15) is 10.2 Å². The Hall–Kier alpha value is -0.860. The lowest BCUT2D eigenvalue weighted by atomic mass is 10.0. The first-order valence-electron chi connectivity index (χ1n) is 4.09. The van der Waals surface area contributed by atoms with Gasteiger partial charge in [0.2, 0.25) is 0 Å². The summed E-state index contributed by atoms with van der Waals surface area (Å²) < 4.78 is 0. The van der Waals surface area contributed by atoms with Crippen LogP contribution in [-0.2, 0) is 6.42 Å². The maximum Gasteiger partial charge on any atom is 0.108 e. The van der Waals surface area contributed by atoms with E-state index in [1.165, 1.54) is 0 Å². The van der Waals surface area contributed by atoms with E-state index in [0.29, 0.717) is 6.42 Å². The molecule has 2 atom stereocenters. The first kappa shape index (κ1) is 7.77. The average Bonchev–Trinajstić information content (AvgIpc) is 2.24. The van der Waals surface area contributed by atoms with Crippen LogP contribution < -0.4 is 0 Å². The molecule has 0 amide bonds. The molecule has 0 saturated carbocycles. The Morgan fingerprint density at radius 3 is 2.75 bits per heavy atom. The van der Waals surface area contributed by atoms with Crippen molar-refractivity contribution in [3.05, 3.63) is 35.4 Å². The van der Waals surface area contributed by atoms with Gasteiger partial charge in [-0.3, -0.25) is 0 Å². The van der Waals surface area contributed by atoms with Crippen molar-refractivity contribution in [2.75, 3.05) is 0 Å². The van der Waals surface area contributed by atoms with Crippen LogP contribution in [0, 0.1) is 0 Å². The van der Waals surface area contributed by atoms with Crippen LogP contribution in [0.2, 0.25) is 0 Å². The standard InChI is InChI=1S/C10H12O2/c1-10(12)6-7-4-2-3-5-8(7)9(10)11/h2-5,9,11-12H,6H2,1H3. The topological polar surface area (TPSA) is 40.5 Å². The molecular weight excluding hydrogens is 152 g/mol. The van der Waals surface area contributed by atoms with Gasteiger partial charge in [-0.1, -0.05) is 24.3 Å². The van der Waals surface area contributed by atoms with Crippen LogP contribution in [0.5, 0.6) is 0 Å². The summed E-state index contributed by atoms with van der Waals surface area (Å²) in [4.78, 5) is 0. The van der Waals surface area contributed by atoms with Crippen molar-refractivity contribution in [3.63, 3.8) is 0 Å². The van der Waals surface area contributed by atoms with Crippen molar-refractivity contribution in [2.45, 2.75) is 25.0 Å². The van der Waals surface area contributed by atoms with E-state index in [0.717, 1.165) is 11.1 Å². The fourth-order valence-corrected chi connectivity index (χ4v) is 1.78. The van der Waals surface area contributed by atoms with Crippen molar-refractivity contribution in [1.29, 1.82) is 0 Å². The predicted molar refractivity (Wildman–Crippen MR) is 45.7 cm³/mol. The minimum Gasteiger partial charge on any atom is -0.387 e. The summed E-state index contributed by atoms with van der Waals surface area (Å²) in [5, 5.41) is 19.4. The summed E-state index contributed by atoms with van der Waals surface area (Å²) in [7, 11) is 0. The summed E-state index contributed by atoms with van der Waals surface area (Å²) in [6, 6.07) is 7.61. The number of hydrogen-bond donors (Lipinski definition) is 2. The second-order valence-corrected chi connectivity index (χ2v) is 3.64. The highest BCUT2D eigenvalue weighted by Crippen LogP contribution is 2.38. The highest BCUT2D eigenvalue weighted by atomic mass is 16.3. The van der Waals surface area contributed by atoms with Gasteiger partial charge >= 0.3 is 0 Å². The number of benzene rings is 1. The molecule has 1 aromatic carbocycles. The number of rotatable bonds is 0. The Kier molecular flexibility index (Phi) is 1.50. The van der Waals surface area contributed by atoms with Crippen molar-refractivity contribution in [1.82, 2.24) is 0 Å². The van der Waals surface area contributed by atoms with E-state index in [4.69, 9.17) is 0 Å². The molecule has 0 spiro atoms. The molecule has 0 aliphatic heterocycles. The van der Waals surface area contributed by atoms with Crippen LogP contribution in [0.15, 0.2) is 24.3 Å². The Morgan fingerprint density at radius 1 is 1.42 bits per heavy atom. The third kappa shape index (κ3) is 0.958. The first-order chi connectivity index (χ1) is 5.61. The van der Waals surface area contributed by atoms with Crippen LogP contribution >= 0.6 is 0 Å². The highest BCUT2D eigenvalue weighted by Gasteiger charge is 2.39. The van der Waals surface area contributed by atoms with Crippen molar-refractivity contribution < 1.29 is 10.2 Å². The van der Waals surface area contributed by atoms with Crippen LogP contribution in [-0.4, -0.2) is 15.8 Å². The molecule has 1 aliphatic carbocycles. The Morgan fingerprint density at radius 2 is 2.08 bits per heavy atom. The molecule has 2 nitrogen and oxygen atoms in total. The maximum atomic E-state index is 9.73. The van der Waals surface area contributed by atoms with Gasteiger partial charge in [-0.2, -0.15) is 0 Å². The van der Waals surface area contributed by atoms with Gasteiger partial charge in [0.15, 0.2) is 0 Å². The summed E-state index contributed by atoms with van der Waals surface area (Å²) in [5.74, 6) is 0. The van der Waals surface area contributed by atoms with E-state index in [1.54, 1.807) is 6.92 Å². The molecule has 2 rings (SSSR count). The molecule has 64 valence electrons. The maximum absolute atomic E-state index is 9.73. The summed E-state index contributed by atoms with van der Waals surface area (Å²) in [6.07, 6.45) is -0.182. The molecule has 0 radical (unpaired) electrons. The molecule has 0 heterocycles. The van der Waals surface area contributed by atoms with Crippen molar-refractivity contribution in [3.8, 4) is 0 Å². The summed E-state index contributed by atoms with van der Waals surface area (Å²) >= 11 is 0. The second-order valence-electron chi connectivity index (χ2n) is 3.64. The lowest BCUT2D eigenvalue weighted by molar-refractivity contribution is -0.0499. The Labute approximate surface area is 71.5 Å². The van der Waals surface area contributed by atoms with E-state index in [2.05, 4.69) is 0 Å². The molecule has 2 unspecified atom stereocenters. The molecular formula is C10H12O2. The summed E-state index contributed by atoms with van der Waals surface area (Å²) in [5.41, 5.74) is 0.932. The second kappa shape index (κ2) is 2.31. The van der Waals surface area contributed by atoms with Gasteiger partial charge in [-0.05, 0) is 18.1 Å². The molecule has 2 N–H and O–H groups in total. The van der Waals surface area contributed by atoms with E-state index in [-0.39, 0.29) is 0 Å². The van der Waals surface area contributed by atoms with Gasteiger partial charge in [0.25, 0.3) is 0 Å². The van der Waals surface area contributed by atoms with E-state index in [1.807, 2.05) is 24.3 Å². The van der Waals surface area contributed by atoms with Crippen molar-refractivity contribution >= 4 is 0 Å². The average molecular weight is 164 g/mol. The van der Waals surface area contributed by atoms with Gasteiger partial charge in [-0.25, -0.2) is 0 Å². The zero-order valence-corrected chi connectivity index (χ0v) is 6.99. The highest BCUT2D eigenvalue weighted by molar-refractivity contribution is 5.37. The molecule has 1 aromatic rings. The lowest BCUT2D eigenvalue weighted by Gasteiger charge is -2.20. The third-order valence-corrected chi connectivity index (χ3v) is 2.49. The fraction of sp³-hybridized carbons (Fsp3) is 0.400. The Balaban J connectivity index is 2.49. The zero-order valence-electron chi connectivity index (χ0n) is 6.99. The molecule has 0 saturated heterocycles. The number of hydrogen-bond acceptors (Lipinski definition) is 2. The SMILES string of the molecule is CC1(O)Cc2ccccc2C1O. The number of aliphatic hydroxyl groups is 2. The van der Waals surface area contributed by atoms with Crippen LogP contribution in [0.3, 0.4) is 0 Å².